The van der Waals surface area contributed by atoms with Gasteiger partial charge in [0.05, 0.1) is 10.0 Å². The third-order valence-corrected chi connectivity index (χ3v) is 3.07. The van der Waals surface area contributed by atoms with Crippen molar-refractivity contribution in [3.05, 3.63) is 63.4 Å². The zero-order valence-electron chi connectivity index (χ0n) is 9.66. The van der Waals surface area contributed by atoms with Gasteiger partial charge in [0.25, 0.3) is 0 Å². The van der Waals surface area contributed by atoms with Crippen molar-refractivity contribution in [1.29, 1.82) is 5.26 Å². The second-order valence-electron chi connectivity index (χ2n) is 3.76. The van der Waals surface area contributed by atoms with Crippen LogP contribution in [0.15, 0.2) is 36.4 Å². The van der Waals surface area contributed by atoms with E-state index in [0.717, 1.165) is 0 Å². The van der Waals surface area contributed by atoms with E-state index in [1.54, 1.807) is 24.3 Å². The number of hydrogen-bond acceptors (Lipinski definition) is 2. The van der Waals surface area contributed by atoms with E-state index in [4.69, 9.17) is 33.2 Å². The fraction of sp³-hybridized carbons (Fsp3) is 0.0714. The first-order chi connectivity index (χ1) is 9.11. The molecule has 0 unspecified atom stereocenters. The molecule has 0 aliphatic heterocycles. The molecule has 2 aromatic carbocycles. The van der Waals surface area contributed by atoms with Crippen LogP contribution < -0.4 is 4.74 Å². The van der Waals surface area contributed by atoms with Crippen molar-refractivity contribution in [2.75, 3.05) is 0 Å². The molecule has 5 heteroatoms. The van der Waals surface area contributed by atoms with Crippen molar-refractivity contribution < 1.29 is 9.13 Å². The molecular formula is C14H8Cl2FNO. The quantitative estimate of drug-likeness (QED) is 0.830. The average molecular weight is 296 g/mol. The Morgan fingerprint density at radius 1 is 1.16 bits per heavy atom. The topological polar surface area (TPSA) is 33.0 Å². The molecule has 0 amide bonds. The maximum atomic E-state index is 13.0. The zero-order chi connectivity index (χ0) is 13.8. The van der Waals surface area contributed by atoms with E-state index in [1.165, 1.54) is 12.1 Å². The van der Waals surface area contributed by atoms with Crippen LogP contribution in [0.25, 0.3) is 0 Å². The molecule has 2 rings (SSSR count). The standard InChI is InChI=1S/C14H8Cl2FNO/c15-11-2-1-3-14(10(11)7-18)19-8-9-4-5-13(17)12(16)6-9/h1-6H,8H2. The summed E-state index contributed by atoms with van der Waals surface area (Å²) in [6.07, 6.45) is 0. The van der Waals surface area contributed by atoms with E-state index in [-0.39, 0.29) is 17.2 Å². The van der Waals surface area contributed by atoms with Crippen LogP contribution in [0.3, 0.4) is 0 Å². The molecule has 0 spiro atoms. The Labute approximate surface area is 119 Å². The number of hydrogen-bond donors (Lipinski definition) is 0. The van der Waals surface area contributed by atoms with Crippen molar-refractivity contribution in [3.8, 4) is 11.8 Å². The number of halogens is 3. The summed E-state index contributed by atoms with van der Waals surface area (Å²) in [4.78, 5) is 0. The van der Waals surface area contributed by atoms with Crippen molar-refractivity contribution in [3.63, 3.8) is 0 Å². The van der Waals surface area contributed by atoms with E-state index in [2.05, 4.69) is 0 Å². The molecule has 0 atom stereocenters. The van der Waals surface area contributed by atoms with Gasteiger partial charge in [-0.25, -0.2) is 4.39 Å². The van der Waals surface area contributed by atoms with Crippen LogP contribution in [0.5, 0.6) is 5.75 Å². The SMILES string of the molecule is N#Cc1c(Cl)cccc1OCc1ccc(F)c(Cl)c1. The Hall–Kier alpha value is -1.76. The molecule has 2 nitrogen and oxygen atoms in total. The van der Waals surface area contributed by atoms with Crippen molar-refractivity contribution in [2.24, 2.45) is 0 Å². The van der Waals surface area contributed by atoms with Gasteiger partial charge in [-0.2, -0.15) is 5.26 Å². The third kappa shape index (κ3) is 3.17. The summed E-state index contributed by atoms with van der Waals surface area (Å²) >= 11 is 11.6. The molecule has 0 fully saturated rings. The van der Waals surface area contributed by atoms with Crippen molar-refractivity contribution in [2.45, 2.75) is 6.61 Å². The van der Waals surface area contributed by atoms with Gasteiger partial charge in [0.15, 0.2) is 0 Å². The summed E-state index contributed by atoms with van der Waals surface area (Å²) in [5.41, 5.74) is 0.979. The Bertz CT molecular complexity index is 652. The van der Waals surface area contributed by atoms with Crippen LogP contribution >= 0.6 is 23.2 Å². The summed E-state index contributed by atoms with van der Waals surface area (Å²) < 4.78 is 18.5. The molecule has 0 N–H and O–H groups in total. The lowest BCUT2D eigenvalue weighted by molar-refractivity contribution is 0.305. The normalized spacial score (nSPS) is 10.0. The van der Waals surface area contributed by atoms with Crippen LogP contribution in [0.1, 0.15) is 11.1 Å². The van der Waals surface area contributed by atoms with Gasteiger partial charge in [-0.05, 0) is 29.8 Å². The fourth-order valence-corrected chi connectivity index (χ4v) is 1.93. The second kappa shape index (κ2) is 5.92. The molecule has 0 aliphatic rings. The van der Waals surface area contributed by atoms with E-state index >= 15 is 0 Å². The van der Waals surface area contributed by atoms with E-state index in [0.29, 0.717) is 16.3 Å². The minimum Gasteiger partial charge on any atom is -0.487 e. The molecule has 0 radical (unpaired) electrons. The van der Waals surface area contributed by atoms with E-state index < -0.39 is 5.82 Å². The highest BCUT2D eigenvalue weighted by atomic mass is 35.5. The molecule has 0 bridgehead atoms. The Kier molecular flexibility index (Phi) is 4.26. The summed E-state index contributed by atoms with van der Waals surface area (Å²) in [5.74, 6) is -0.0960. The highest BCUT2D eigenvalue weighted by Gasteiger charge is 2.08. The monoisotopic (exact) mass is 295 g/mol. The number of nitriles is 1. The maximum absolute atomic E-state index is 13.0. The highest BCUT2D eigenvalue weighted by Crippen LogP contribution is 2.26. The molecule has 96 valence electrons. The van der Waals surface area contributed by atoms with Gasteiger partial charge in [-0.15, -0.1) is 0 Å². The lowest BCUT2D eigenvalue weighted by atomic mass is 10.2. The molecule has 0 heterocycles. The van der Waals surface area contributed by atoms with Gasteiger partial charge < -0.3 is 4.74 Å². The van der Waals surface area contributed by atoms with Gasteiger partial charge in [-0.1, -0.05) is 35.3 Å². The van der Waals surface area contributed by atoms with Gasteiger partial charge >= 0.3 is 0 Å². The van der Waals surface area contributed by atoms with Gasteiger partial charge in [0.2, 0.25) is 0 Å². The van der Waals surface area contributed by atoms with E-state index in [9.17, 15) is 4.39 Å². The number of ether oxygens (including phenoxy) is 1. The van der Waals surface area contributed by atoms with Crippen LogP contribution in [0.4, 0.5) is 4.39 Å². The molecule has 0 saturated heterocycles. The molecule has 0 aliphatic carbocycles. The first kappa shape index (κ1) is 13.7. The number of rotatable bonds is 3. The zero-order valence-corrected chi connectivity index (χ0v) is 11.2. The van der Waals surface area contributed by atoms with Gasteiger partial charge in [0, 0.05) is 0 Å². The fourth-order valence-electron chi connectivity index (χ4n) is 1.52. The largest absolute Gasteiger partial charge is 0.487 e. The molecule has 0 saturated carbocycles. The minimum atomic E-state index is -0.481. The Balaban J connectivity index is 2.17. The second-order valence-corrected chi connectivity index (χ2v) is 4.58. The van der Waals surface area contributed by atoms with Gasteiger partial charge in [-0.3, -0.25) is 0 Å². The summed E-state index contributed by atoms with van der Waals surface area (Å²) in [5, 5.41) is 9.36. The lowest BCUT2D eigenvalue weighted by Crippen LogP contribution is -1.98. The van der Waals surface area contributed by atoms with Gasteiger partial charge in [0.1, 0.15) is 29.8 Å². The molecule has 19 heavy (non-hydrogen) atoms. The van der Waals surface area contributed by atoms with Crippen molar-refractivity contribution in [1.82, 2.24) is 0 Å². The average Bonchev–Trinajstić information content (AvgIpc) is 2.40. The van der Waals surface area contributed by atoms with Crippen LogP contribution in [-0.4, -0.2) is 0 Å². The number of nitrogens with zero attached hydrogens (tertiary/aromatic N) is 1. The predicted molar refractivity (Wildman–Crippen MR) is 71.9 cm³/mol. The smallest absolute Gasteiger partial charge is 0.141 e. The Morgan fingerprint density at radius 3 is 2.63 bits per heavy atom. The first-order valence-corrected chi connectivity index (χ1v) is 6.12. The van der Waals surface area contributed by atoms with Crippen LogP contribution in [0, 0.1) is 17.1 Å². The number of benzene rings is 2. The lowest BCUT2D eigenvalue weighted by Gasteiger charge is -2.09. The van der Waals surface area contributed by atoms with Crippen LogP contribution in [-0.2, 0) is 6.61 Å². The summed E-state index contributed by atoms with van der Waals surface area (Å²) in [7, 11) is 0. The molecule has 2 aromatic rings. The summed E-state index contributed by atoms with van der Waals surface area (Å²) in [6.45, 7) is 0.176. The first-order valence-electron chi connectivity index (χ1n) is 5.37. The molecular weight excluding hydrogens is 288 g/mol. The van der Waals surface area contributed by atoms with Crippen molar-refractivity contribution >= 4 is 23.2 Å². The maximum Gasteiger partial charge on any atom is 0.141 e. The predicted octanol–water partition coefficient (Wildman–Crippen LogP) is 4.58. The highest BCUT2D eigenvalue weighted by molar-refractivity contribution is 6.32. The molecule has 0 aromatic heterocycles. The summed E-state index contributed by atoms with van der Waals surface area (Å²) in [6, 6.07) is 11.2. The third-order valence-electron chi connectivity index (χ3n) is 2.47. The van der Waals surface area contributed by atoms with Crippen LogP contribution in [0.2, 0.25) is 10.0 Å². The minimum absolute atomic E-state index is 0.0349. The van der Waals surface area contributed by atoms with E-state index in [1.807, 2.05) is 6.07 Å². The Morgan fingerprint density at radius 2 is 1.95 bits per heavy atom.